The standard InChI is InChI=1S/C14H20ClN3O2/c1-14(2,3)20-13(19)17-10-6-8-18(9-10)12-11(15)5-4-7-16-12/h4-5,7,10H,6,8-9H2,1-3H3,(H,17,19)/t10-/m1/s1. The summed E-state index contributed by atoms with van der Waals surface area (Å²) in [6, 6.07) is 3.68. The minimum absolute atomic E-state index is 0.0583. The third-order valence-corrected chi connectivity index (χ3v) is 3.24. The number of rotatable bonds is 2. The second-order valence-corrected chi connectivity index (χ2v) is 6.29. The van der Waals surface area contributed by atoms with Gasteiger partial charge in [0, 0.05) is 19.3 Å². The van der Waals surface area contributed by atoms with Gasteiger partial charge in [-0.15, -0.1) is 0 Å². The predicted molar refractivity (Wildman–Crippen MR) is 79.2 cm³/mol. The first-order valence-electron chi connectivity index (χ1n) is 6.70. The lowest BCUT2D eigenvalue weighted by Gasteiger charge is -2.22. The molecule has 0 aromatic carbocycles. The Balaban J connectivity index is 1.90. The molecule has 1 aromatic rings. The zero-order valence-electron chi connectivity index (χ0n) is 12.0. The van der Waals surface area contributed by atoms with Crippen molar-refractivity contribution in [3.8, 4) is 0 Å². The molecular formula is C14H20ClN3O2. The highest BCUT2D eigenvalue weighted by Crippen LogP contribution is 2.25. The number of aromatic nitrogens is 1. The van der Waals surface area contributed by atoms with Crippen LogP contribution in [0, 0.1) is 0 Å². The highest BCUT2D eigenvalue weighted by Gasteiger charge is 2.27. The number of carbonyl (C=O) groups is 1. The van der Waals surface area contributed by atoms with E-state index in [0.29, 0.717) is 11.6 Å². The van der Waals surface area contributed by atoms with Crippen molar-refractivity contribution >= 4 is 23.5 Å². The van der Waals surface area contributed by atoms with E-state index in [-0.39, 0.29) is 12.1 Å². The fourth-order valence-electron chi connectivity index (χ4n) is 2.15. The van der Waals surface area contributed by atoms with Crippen molar-refractivity contribution in [1.82, 2.24) is 10.3 Å². The minimum Gasteiger partial charge on any atom is -0.444 e. The maximum absolute atomic E-state index is 11.7. The maximum Gasteiger partial charge on any atom is 0.407 e. The van der Waals surface area contributed by atoms with Gasteiger partial charge in [0.2, 0.25) is 0 Å². The number of hydrogen-bond acceptors (Lipinski definition) is 4. The normalized spacial score (nSPS) is 19.0. The Morgan fingerprint density at radius 1 is 1.55 bits per heavy atom. The Kier molecular flexibility index (Phi) is 4.38. The van der Waals surface area contributed by atoms with E-state index in [1.54, 1.807) is 12.3 Å². The molecule has 0 unspecified atom stereocenters. The van der Waals surface area contributed by atoms with Crippen LogP contribution >= 0.6 is 11.6 Å². The van der Waals surface area contributed by atoms with Crippen molar-refractivity contribution in [3.63, 3.8) is 0 Å². The molecule has 0 bridgehead atoms. The molecule has 2 heterocycles. The quantitative estimate of drug-likeness (QED) is 0.912. The Bertz CT molecular complexity index is 488. The highest BCUT2D eigenvalue weighted by atomic mass is 35.5. The predicted octanol–water partition coefficient (Wildman–Crippen LogP) is 2.84. The van der Waals surface area contributed by atoms with Crippen LogP contribution in [0.4, 0.5) is 10.6 Å². The van der Waals surface area contributed by atoms with Crippen molar-refractivity contribution in [2.75, 3.05) is 18.0 Å². The maximum atomic E-state index is 11.7. The molecule has 1 fully saturated rings. The van der Waals surface area contributed by atoms with Gasteiger partial charge in [0.05, 0.1) is 11.1 Å². The molecule has 1 atom stereocenters. The van der Waals surface area contributed by atoms with Gasteiger partial charge < -0.3 is 15.0 Å². The lowest BCUT2D eigenvalue weighted by molar-refractivity contribution is 0.0509. The van der Waals surface area contributed by atoms with Gasteiger partial charge in [0.15, 0.2) is 0 Å². The summed E-state index contributed by atoms with van der Waals surface area (Å²) in [7, 11) is 0. The second kappa shape index (κ2) is 5.87. The van der Waals surface area contributed by atoms with Gasteiger partial charge in [0.25, 0.3) is 0 Å². The first-order chi connectivity index (χ1) is 9.35. The van der Waals surface area contributed by atoms with E-state index in [1.165, 1.54) is 0 Å². The molecule has 0 aliphatic carbocycles. The fraction of sp³-hybridized carbons (Fsp3) is 0.571. The number of anilines is 1. The van der Waals surface area contributed by atoms with Crippen molar-refractivity contribution in [3.05, 3.63) is 23.4 Å². The smallest absolute Gasteiger partial charge is 0.407 e. The molecule has 5 nitrogen and oxygen atoms in total. The molecule has 1 aliphatic rings. The van der Waals surface area contributed by atoms with E-state index < -0.39 is 5.60 Å². The number of halogens is 1. The molecule has 1 amide bonds. The van der Waals surface area contributed by atoms with Crippen molar-refractivity contribution in [1.29, 1.82) is 0 Å². The zero-order chi connectivity index (χ0) is 14.8. The van der Waals surface area contributed by atoms with Crippen molar-refractivity contribution in [2.45, 2.75) is 38.8 Å². The molecule has 110 valence electrons. The topological polar surface area (TPSA) is 54.5 Å². The lowest BCUT2D eigenvalue weighted by atomic mass is 10.2. The van der Waals surface area contributed by atoms with Gasteiger partial charge in [0.1, 0.15) is 11.4 Å². The average Bonchev–Trinajstić information content (AvgIpc) is 2.75. The van der Waals surface area contributed by atoms with Crippen LogP contribution < -0.4 is 10.2 Å². The summed E-state index contributed by atoms with van der Waals surface area (Å²) in [5.41, 5.74) is -0.479. The lowest BCUT2D eigenvalue weighted by Crippen LogP contribution is -2.40. The summed E-state index contributed by atoms with van der Waals surface area (Å²) in [5.74, 6) is 0.766. The molecule has 20 heavy (non-hydrogen) atoms. The number of alkyl carbamates (subject to hydrolysis) is 1. The molecule has 6 heteroatoms. The molecular weight excluding hydrogens is 278 g/mol. The van der Waals surface area contributed by atoms with Crippen LogP contribution in [0.2, 0.25) is 5.02 Å². The molecule has 1 N–H and O–H groups in total. The van der Waals surface area contributed by atoms with Crippen molar-refractivity contribution < 1.29 is 9.53 Å². The summed E-state index contributed by atoms with van der Waals surface area (Å²) >= 11 is 6.13. The molecule has 0 spiro atoms. The first kappa shape index (κ1) is 14.9. The van der Waals surface area contributed by atoms with Crippen LogP contribution in [0.1, 0.15) is 27.2 Å². The number of hydrogen-bond donors (Lipinski definition) is 1. The zero-order valence-corrected chi connectivity index (χ0v) is 12.8. The molecule has 1 aliphatic heterocycles. The number of amides is 1. The van der Waals surface area contributed by atoms with Crippen LogP contribution in [0.5, 0.6) is 0 Å². The number of pyridine rings is 1. The largest absolute Gasteiger partial charge is 0.444 e. The Labute approximate surface area is 124 Å². The second-order valence-electron chi connectivity index (χ2n) is 5.89. The Morgan fingerprint density at radius 3 is 2.95 bits per heavy atom. The third-order valence-electron chi connectivity index (χ3n) is 2.95. The van der Waals surface area contributed by atoms with E-state index in [4.69, 9.17) is 16.3 Å². The Morgan fingerprint density at radius 2 is 2.30 bits per heavy atom. The van der Waals surface area contributed by atoms with E-state index >= 15 is 0 Å². The number of nitrogens with one attached hydrogen (secondary N) is 1. The highest BCUT2D eigenvalue weighted by molar-refractivity contribution is 6.32. The monoisotopic (exact) mass is 297 g/mol. The van der Waals surface area contributed by atoms with Gasteiger partial charge >= 0.3 is 6.09 Å². The van der Waals surface area contributed by atoms with Crippen LogP contribution in [-0.2, 0) is 4.74 Å². The van der Waals surface area contributed by atoms with E-state index in [9.17, 15) is 4.79 Å². The summed E-state index contributed by atoms with van der Waals surface area (Å²) in [4.78, 5) is 18.1. The fourth-order valence-corrected chi connectivity index (χ4v) is 2.40. The molecule has 0 saturated carbocycles. The SMILES string of the molecule is CC(C)(C)OC(=O)N[C@@H]1CCN(c2ncccc2Cl)C1. The summed E-state index contributed by atoms with van der Waals surface area (Å²) in [5, 5.41) is 3.51. The van der Waals surface area contributed by atoms with Crippen LogP contribution in [0.3, 0.4) is 0 Å². The number of ether oxygens (including phenoxy) is 1. The van der Waals surface area contributed by atoms with Gasteiger partial charge in [-0.25, -0.2) is 9.78 Å². The average molecular weight is 298 g/mol. The van der Waals surface area contributed by atoms with E-state index in [0.717, 1.165) is 18.8 Å². The van der Waals surface area contributed by atoms with Gasteiger partial charge in [-0.05, 0) is 39.3 Å². The molecule has 1 aromatic heterocycles. The van der Waals surface area contributed by atoms with Gasteiger partial charge in [-0.1, -0.05) is 11.6 Å². The third kappa shape index (κ3) is 4.00. The molecule has 2 rings (SSSR count). The van der Waals surface area contributed by atoms with E-state index in [2.05, 4.69) is 15.2 Å². The minimum atomic E-state index is -0.479. The Hall–Kier alpha value is -1.49. The molecule has 1 saturated heterocycles. The summed E-state index contributed by atoms with van der Waals surface area (Å²) < 4.78 is 5.25. The van der Waals surface area contributed by atoms with Crippen LogP contribution in [0.15, 0.2) is 18.3 Å². The van der Waals surface area contributed by atoms with Crippen LogP contribution in [0.25, 0.3) is 0 Å². The number of carbonyl (C=O) groups excluding carboxylic acids is 1. The summed E-state index contributed by atoms with van der Waals surface area (Å²) in [6.45, 7) is 7.05. The summed E-state index contributed by atoms with van der Waals surface area (Å²) in [6.07, 6.45) is 2.19. The van der Waals surface area contributed by atoms with Crippen molar-refractivity contribution in [2.24, 2.45) is 0 Å². The van der Waals surface area contributed by atoms with E-state index in [1.807, 2.05) is 26.8 Å². The van der Waals surface area contributed by atoms with Gasteiger partial charge in [-0.2, -0.15) is 0 Å². The molecule has 0 radical (unpaired) electrons. The number of nitrogens with zero attached hydrogens (tertiary/aromatic N) is 2. The van der Waals surface area contributed by atoms with Crippen LogP contribution in [-0.4, -0.2) is 35.8 Å². The first-order valence-corrected chi connectivity index (χ1v) is 7.08. The van der Waals surface area contributed by atoms with Gasteiger partial charge in [-0.3, -0.25) is 0 Å².